The van der Waals surface area contributed by atoms with Crippen molar-refractivity contribution in [3.8, 4) is 0 Å². The molecule has 0 bridgehead atoms. The molecule has 9 heteroatoms. The first-order valence-corrected chi connectivity index (χ1v) is 9.19. The second-order valence-corrected chi connectivity index (χ2v) is 6.97. The number of fused-ring (bicyclic) bond motifs is 1. The van der Waals surface area contributed by atoms with Gasteiger partial charge in [-0.1, -0.05) is 41.6 Å². The first-order chi connectivity index (χ1) is 13.5. The molecule has 1 aliphatic heterocycles. The molecule has 0 amide bonds. The molecule has 144 valence electrons. The van der Waals surface area contributed by atoms with Gasteiger partial charge < -0.3 is 9.26 Å². The van der Waals surface area contributed by atoms with Gasteiger partial charge in [-0.15, -0.1) is 0 Å². The van der Waals surface area contributed by atoms with Crippen molar-refractivity contribution in [2.24, 2.45) is 7.05 Å². The van der Waals surface area contributed by atoms with E-state index in [2.05, 4.69) is 22.8 Å². The van der Waals surface area contributed by atoms with Crippen molar-refractivity contribution in [2.45, 2.75) is 25.0 Å². The van der Waals surface area contributed by atoms with Crippen LogP contribution in [0.3, 0.4) is 0 Å². The van der Waals surface area contributed by atoms with E-state index in [4.69, 9.17) is 9.26 Å². The fourth-order valence-corrected chi connectivity index (χ4v) is 3.32. The van der Waals surface area contributed by atoms with E-state index in [9.17, 15) is 9.59 Å². The Bertz CT molecular complexity index is 1150. The molecule has 1 aliphatic rings. The molecule has 2 aromatic heterocycles. The van der Waals surface area contributed by atoms with Gasteiger partial charge in [0.25, 0.3) is 5.56 Å². The van der Waals surface area contributed by atoms with Crippen LogP contribution in [0.1, 0.15) is 33.8 Å². The summed E-state index contributed by atoms with van der Waals surface area (Å²) >= 11 is 4.54. The number of aromatic nitrogens is 4. The highest BCUT2D eigenvalue weighted by molar-refractivity contribution is 7.80. The molecule has 28 heavy (non-hydrogen) atoms. The summed E-state index contributed by atoms with van der Waals surface area (Å²) < 4.78 is 13.0. The minimum Gasteiger partial charge on any atom is -0.370 e. The largest absolute Gasteiger partial charge is 0.370 e. The van der Waals surface area contributed by atoms with Gasteiger partial charge in [0.05, 0.1) is 24.5 Å². The number of rotatable bonds is 5. The Kier molecular flexibility index (Phi) is 5.01. The Morgan fingerprint density at radius 1 is 1.25 bits per heavy atom. The van der Waals surface area contributed by atoms with Gasteiger partial charge in [-0.05, 0) is 11.6 Å². The zero-order chi connectivity index (χ0) is 19.7. The summed E-state index contributed by atoms with van der Waals surface area (Å²) in [6.45, 7) is 0.366. The predicted octanol–water partition coefficient (Wildman–Crippen LogP) is 1.69. The maximum absolute atomic E-state index is 12.6. The predicted molar refractivity (Wildman–Crippen MR) is 105 cm³/mol. The molecule has 8 nitrogen and oxygen atoms in total. The van der Waals surface area contributed by atoms with Crippen molar-refractivity contribution in [2.75, 3.05) is 0 Å². The molecule has 4 rings (SSSR count). The monoisotopic (exact) mass is 398 g/mol. The molecule has 0 saturated heterocycles. The Morgan fingerprint density at radius 3 is 2.82 bits per heavy atom. The van der Waals surface area contributed by atoms with E-state index < -0.39 is 5.69 Å². The Morgan fingerprint density at radius 2 is 2.04 bits per heavy atom. The number of nitrogens with zero attached hydrogens (tertiary/aromatic N) is 4. The molecule has 1 aromatic carbocycles. The number of hydrogen-bond acceptors (Lipinski definition) is 7. The number of ether oxygens (including phenoxy) is 1. The third kappa shape index (κ3) is 3.46. The summed E-state index contributed by atoms with van der Waals surface area (Å²) in [5.74, 6) is 0.521. The minimum absolute atomic E-state index is 0.0946. The van der Waals surface area contributed by atoms with Crippen molar-refractivity contribution in [1.29, 1.82) is 0 Å². The molecule has 0 spiro atoms. The normalized spacial score (nSPS) is 14.5. The Labute approximate surface area is 165 Å². The highest BCUT2D eigenvalue weighted by atomic mass is 32.1. The van der Waals surface area contributed by atoms with Crippen molar-refractivity contribution >= 4 is 18.7 Å². The van der Waals surface area contributed by atoms with Gasteiger partial charge in [0, 0.05) is 12.3 Å². The average molecular weight is 398 g/mol. The molecule has 1 unspecified atom stereocenters. The van der Waals surface area contributed by atoms with Crippen LogP contribution < -0.4 is 11.2 Å². The van der Waals surface area contributed by atoms with Gasteiger partial charge in [0.15, 0.2) is 5.82 Å². The van der Waals surface area contributed by atoms with Gasteiger partial charge in [-0.3, -0.25) is 13.9 Å². The summed E-state index contributed by atoms with van der Waals surface area (Å²) in [5.41, 5.74) is 1.32. The second kappa shape index (κ2) is 7.61. The summed E-state index contributed by atoms with van der Waals surface area (Å²) in [5, 5.41) is 3.76. The second-order valence-electron chi connectivity index (χ2n) is 6.41. The van der Waals surface area contributed by atoms with Crippen LogP contribution in [0.5, 0.6) is 0 Å². The van der Waals surface area contributed by atoms with Crippen LogP contribution in [-0.2, 0) is 31.5 Å². The fraction of sp³-hybridized carbons (Fsp3) is 0.263. The molecule has 3 heterocycles. The molecule has 3 aromatic rings. The average Bonchev–Trinajstić information content (AvgIpc) is 3.38. The van der Waals surface area contributed by atoms with Crippen LogP contribution in [0, 0.1) is 0 Å². The fourth-order valence-electron chi connectivity index (χ4n) is 3.06. The van der Waals surface area contributed by atoms with Crippen LogP contribution >= 0.6 is 12.6 Å². The standard InChI is InChI=1S/C19H18N4O4S/c1-22-14-11-26-10-13(14)18(24)23(19(22)25)9-17-20-16(21-27-17)8-7-15(28)12-5-3-2-4-6-12/h2-8,15,28H,9-11H2,1H3/b8-7+. The summed E-state index contributed by atoms with van der Waals surface area (Å²) in [7, 11) is 1.62. The van der Waals surface area contributed by atoms with E-state index >= 15 is 0 Å². The van der Waals surface area contributed by atoms with E-state index in [0.29, 0.717) is 17.1 Å². The lowest BCUT2D eigenvalue weighted by molar-refractivity contribution is 0.131. The Hall–Kier alpha value is -2.91. The highest BCUT2D eigenvalue weighted by Crippen LogP contribution is 2.21. The molecule has 1 atom stereocenters. The van der Waals surface area contributed by atoms with E-state index in [-0.39, 0.29) is 36.5 Å². The number of thiol groups is 1. The van der Waals surface area contributed by atoms with Gasteiger partial charge in [0.2, 0.25) is 5.89 Å². The summed E-state index contributed by atoms with van der Waals surface area (Å²) in [6.07, 6.45) is 3.53. The molecule has 0 saturated carbocycles. The van der Waals surface area contributed by atoms with Gasteiger partial charge in [0.1, 0.15) is 6.54 Å². The van der Waals surface area contributed by atoms with Gasteiger partial charge in [-0.2, -0.15) is 17.6 Å². The van der Waals surface area contributed by atoms with Gasteiger partial charge >= 0.3 is 5.69 Å². The zero-order valence-electron chi connectivity index (χ0n) is 15.1. The topological polar surface area (TPSA) is 92.1 Å². The van der Waals surface area contributed by atoms with Crippen LogP contribution in [0.2, 0.25) is 0 Å². The summed E-state index contributed by atoms with van der Waals surface area (Å²) in [6, 6.07) is 9.78. The van der Waals surface area contributed by atoms with E-state index in [1.54, 1.807) is 13.1 Å². The molecule has 0 N–H and O–H groups in total. The highest BCUT2D eigenvalue weighted by Gasteiger charge is 2.23. The van der Waals surface area contributed by atoms with Crippen molar-refractivity contribution in [1.82, 2.24) is 19.3 Å². The van der Waals surface area contributed by atoms with Crippen LogP contribution in [0.15, 0.2) is 50.5 Å². The maximum atomic E-state index is 12.6. The molecular weight excluding hydrogens is 380 g/mol. The first kappa shape index (κ1) is 18.5. The lowest BCUT2D eigenvalue weighted by Crippen LogP contribution is -2.41. The third-order valence-electron chi connectivity index (χ3n) is 4.61. The maximum Gasteiger partial charge on any atom is 0.331 e. The van der Waals surface area contributed by atoms with E-state index in [0.717, 1.165) is 10.1 Å². The van der Waals surface area contributed by atoms with E-state index in [1.807, 2.05) is 36.4 Å². The van der Waals surface area contributed by atoms with Crippen LogP contribution in [0.25, 0.3) is 6.08 Å². The molecule has 0 aliphatic carbocycles. The Balaban J connectivity index is 1.55. The number of benzene rings is 1. The lowest BCUT2D eigenvalue weighted by Gasteiger charge is -2.09. The van der Waals surface area contributed by atoms with E-state index in [1.165, 1.54) is 4.57 Å². The lowest BCUT2D eigenvalue weighted by atomic mass is 10.1. The summed E-state index contributed by atoms with van der Waals surface area (Å²) in [4.78, 5) is 29.3. The zero-order valence-corrected chi connectivity index (χ0v) is 16.0. The number of hydrogen-bond donors (Lipinski definition) is 1. The quantitative estimate of drug-likeness (QED) is 0.658. The van der Waals surface area contributed by atoms with Crippen molar-refractivity contribution in [3.05, 3.63) is 85.8 Å². The SMILES string of the molecule is Cn1c2c(c(=O)n(Cc3nc(/C=C/C(S)c4ccccc4)no3)c1=O)COC2. The minimum atomic E-state index is -0.441. The van der Waals surface area contributed by atoms with Gasteiger partial charge in [-0.25, -0.2) is 4.79 Å². The van der Waals surface area contributed by atoms with Crippen LogP contribution in [0.4, 0.5) is 0 Å². The van der Waals surface area contributed by atoms with Crippen molar-refractivity contribution < 1.29 is 9.26 Å². The molecule has 0 radical (unpaired) electrons. The molecular formula is C19H18N4O4S. The smallest absolute Gasteiger partial charge is 0.331 e. The van der Waals surface area contributed by atoms with Crippen LogP contribution in [-0.4, -0.2) is 19.3 Å². The first-order valence-electron chi connectivity index (χ1n) is 8.67. The van der Waals surface area contributed by atoms with Crippen molar-refractivity contribution in [3.63, 3.8) is 0 Å². The third-order valence-corrected chi connectivity index (χ3v) is 5.08. The molecule has 0 fully saturated rings.